The molecule has 0 bridgehead atoms. The largest absolute Gasteiger partial charge is 0.481 e. The van der Waals surface area contributed by atoms with Crippen LogP contribution in [0.25, 0.3) is 0 Å². The van der Waals surface area contributed by atoms with E-state index in [1.165, 1.54) is 0 Å². The molecule has 1 aliphatic rings. The molecule has 1 aliphatic heterocycles. The van der Waals surface area contributed by atoms with Gasteiger partial charge in [-0.05, 0) is 17.7 Å². The second-order valence-electron chi connectivity index (χ2n) is 4.81. The molecule has 112 valence electrons. The summed E-state index contributed by atoms with van der Waals surface area (Å²) in [5.41, 5.74) is 1.98. The van der Waals surface area contributed by atoms with Crippen molar-refractivity contribution in [3.05, 3.63) is 54.1 Å². The fourth-order valence-corrected chi connectivity index (χ4v) is 2.15. The van der Waals surface area contributed by atoms with Gasteiger partial charge in [0, 0.05) is 6.54 Å². The monoisotopic (exact) mass is 297 g/mol. The first-order valence-electron chi connectivity index (χ1n) is 6.87. The number of benzene rings is 2. The Bertz CT molecular complexity index is 701. The zero-order valence-electron chi connectivity index (χ0n) is 11.8. The molecule has 2 aromatic rings. The van der Waals surface area contributed by atoms with Crippen LogP contribution in [0.5, 0.6) is 5.75 Å². The summed E-state index contributed by atoms with van der Waals surface area (Å²) in [5, 5.41) is 8.18. The molecule has 0 saturated carbocycles. The predicted molar refractivity (Wildman–Crippen MR) is 82.9 cm³/mol. The van der Waals surface area contributed by atoms with Crippen molar-refractivity contribution in [1.29, 1.82) is 0 Å². The highest BCUT2D eigenvalue weighted by Crippen LogP contribution is 2.34. The van der Waals surface area contributed by atoms with Gasteiger partial charge in [-0.15, -0.1) is 0 Å². The van der Waals surface area contributed by atoms with E-state index in [1.54, 1.807) is 18.2 Å². The Morgan fingerprint density at radius 2 is 1.95 bits per heavy atom. The van der Waals surface area contributed by atoms with Gasteiger partial charge in [0.15, 0.2) is 6.61 Å². The lowest BCUT2D eigenvalue weighted by Gasteiger charge is -2.20. The van der Waals surface area contributed by atoms with Crippen molar-refractivity contribution in [1.82, 2.24) is 5.32 Å². The molecule has 3 N–H and O–H groups in total. The van der Waals surface area contributed by atoms with Crippen LogP contribution in [0.2, 0.25) is 0 Å². The van der Waals surface area contributed by atoms with Crippen molar-refractivity contribution in [2.75, 3.05) is 17.2 Å². The molecule has 0 saturated heterocycles. The fourth-order valence-electron chi connectivity index (χ4n) is 2.15. The second-order valence-corrected chi connectivity index (χ2v) is 4.81. The summed E-state index contributed by atoms with van der Waals surface area (Å²) in [5.74, 6) is 0.298. The van der Waals surface area contributed by atoms with E-state index in [1.807, 2.05) is 30.3 Å². The molecule has 6 nitrogen and oxygen atoms in total. The normalized spacial score (nSPS) is 12.6. The van der Waals surface area contributed by atoms with Crippen molar-refractivity contribution in [2.45, 2.75) is 6.54 Å². The average molecular weight is 297 g/mol. The third kappa shape index (κ3) is 3.17. The number of rotatable bonds is 3. The lowest BCUT2D eigenvalue weighted by molar-refractivity contribution is -0.118. The first-order chi connectivity index (χ1) is 10.7. The Balaban J connectivity index is 1.66. The SMILES string of the molecule is O=C1COc2cccc(NC(=O)NCc3ccccc3)c2N1. The number of urea groups is 1. The molecule has 22 heavy (non-hydrogen) atoms. The van der Waals surface area contributed by atoms with Crippen molar-refractivity contribution >= 4 is 23.3 Å². The number of amides is 3. The van der Waals surface area contributed by atoms with Crippen LogP contribution in [0.1, 0.15) is 5.56 Å². The molecule has 0 atom stereocenters. The van der Waals surface area contributed by atoms with Gasteiger partial charge in [-0.2, -0.15) is 0 Å². The van der Waals surface area contributed by atoms with Crippen molar-refractivity contribution in [2.24, 2.45) is 0 Å². The number of ether oxygens (including phenoxy) is 1. The number of carbonyl (C=O) groups excluding carboxylic acids is 2. The third-order valence-electron chi connectivity index (χ3n) is 3.19. The van der Waals surface area contributed by atoms with Gasteiger partial charge in [0.25, 0.3) is 5.91 Å². The highest BCUT2D eigenvalue weighted by molar-refractivity contribution is 6.02. The van der Waals surface area contributed by atoms with Gasteiger partial charge in [0.2, 0.25) is 0 Å². The number of nitrogens with one attached hydrogen (secondary N) is 3. The van der Waals surface area contributed by atoms with E-state index in [4.69, 9.17) is 4.74 Å². The first kappa shape index (κ1) is 13.9. The molecule has 0 aromatic heterocycles. The maximum absolute atomic E-state index is 12.0. The lowest BCUT2D eigenvalue weighted by atomic mass is 10.2. The van der Waals surface area contributed by atoms with Gasteiger partial charge in [-0.3, -0.25) is 4.79 Å². The van der Waals surface area contributed by atoms with Gasteiger partial charge < -0.3 is 20.7 Å². The van der Waals surface area contributed by atoms with Crippen molar-refractivity contribution in [3.8, 4) is 5.75 Å². The standard InChI is InChI=1S/C16H15N3O3/c20-14-10-22-13-8-4-7-12(15(13)19-14)18-16(21)17-9-11-5-2-1-3-6-11/h1-8H,9-10H2,(H,19,20)(H2,17,18,21). The summed E-state index contributed by atoms with van der Waals surface area (Å²) in [7, 11) is 0. The van der Waals surface area contributed by atoms with Crippen LogP contribution in [0, 0.1) is 0 Å². The van der Waals surface area contributed by atoms with Crippen LogP contribution in [0.15, 0.2) is 48.5 Å². The summed E-state index contributed by atoms with van der Waals surface area (Å²) >= 11 is 0. The number of carbonyl (C=O) groups is 2. The molecule has 1 heterocycles. The summed E-state index contributed by atoms with van der Waals surface area (Å²) < 4.78 is 5.30. The zero-order valence-corrected chi connectivity index (χ0v) is 11.8. The van der Waals surface area contributed by atoms with E-state index < -0.39 is 0 Å². The van der Waals surface area contributed by atoms with E-state index in [0.29, 0.717) is 23.7 Å². The third-order valence-corrected chi connectivity index (χ3v) is 3.19. The summed E-state index contributed by atoms with van der Waals surface area (Å²) in [6.45, 7) is 0.404. The fraction of sp³-hybridized carbons (Fsp3) is 0.125. The van der Waals surface area contributed by atoms with Crippen LogP contribution < -0.4 is 20.7 Å². The van der Waals surface area contributed by atoms with Crippen LogP contribution >= 0.6 is 0 Å². The van der Waals surface area contributed by atoms with Gasteiger partial charge in [-0.1, -0.05) is 36.4 Å². The van der Waals surface area contributed by atoms with Crippen molar-refractivity contribution < 1.29 is 14.3 Å². The predicted octanol–water partition coefficient (Wildman–Crippen LogP) is 2.34. The minimum absolute atomic E-state index is 0.0172. The Morgan fingerprint density at radius 3 is 2.77 bits per heavy atom. The maximum atomic E-state index is 12.0. The Hall–Kier alpha value is -3.02. The van der Waals surface area contributed by atoms with E-state index >= 15 is 0 Å². The smallest absolute Gasteiger partial charge is 0.319 e. The minimum Gasteiger partial charge on any atom is -0.481 e. The Labute approximate surface area is 127 Å². The van der Waals surface area contributed by atoms with E-state index in [-0.39, 0.29) is 18.5 Å². The summed E-state index contributed by atoms with van der Waals surface area (Å²) in [6, 6.07) is 14.4. The maximum Gasteiger partial charge on any atom is 0.319 e. The topological polar surface area (TPSA) is 79.5 Å². The van der Waals surface area contributed by atoms with Crippen molar-refractivity contribution in [3.63, 3.8) is 0 Å². The number of anilines is 2. The molecule has 0 aliphatic carbocycles. The molecule has 6 heteroatoms. The van der Waals surface area contributed by atoms with Gasteiger partial charge in [0.05, 0.1) is 5.69 Å². The molecule has 0 unspecified atom stereocenters. The van der Waals surface area contributed by atoms with Gasteiger partial charge in [0.1, 0.15) is 11.4 Å². The number of hydrogen-bond acceptors (Lipinski definition) is 3. The number of hydrogen-bond donors (Lipinski definition) is 3. The van der Waals surface area contributed by atoms with E-state index in [0.717, 1.165) is 5.56 Å². The van der Waals surface area contributed by atoms with Crippen LogP contribution in [0.4, 0.5) is 16.2 Å². The number of para-hydroxylation sites is 1. The van der Waals surface area contributed by atoms with Crippen LogP contribution in [-0.4, -0.2) is 18.5 Å². The molecule has 0 spiro atoms. The quantitative estimate of drug-likeness (QED) is 0.813. The molecule has 2 aromatic carbocycles. The number of fused-ring (bicyclic) bond motifs is 1. The zero-order chi connectivity index (χ0) is 15.4. The minimum atomic E-state index is -0.350. The second kappa shape index (κ2) is 6.17. The molecule has 3 rings (SSSR count). The summed E-state index contributed by atoms with van der Waals surface area (Å²) in [6.07, 6.45) is 0. The lowest BCUT2D eigenvalue weighted by Crippen LogP contribution is -2.30. The molecule has 3 amide bonds. The van der Waals surface area contributed by atoms with Gasteiger partial charge >= 0.3 is 6.03 Å². The summed E-state index contributed by atoms with van der Waals surface area (Å²) in [4.78, 5) is 23.4. The molecular formula is C16H15N3O3. The Kier molecular flexibility index (Phi) is 3.91. The molecular weight excluding hydrogens is 282 g/mol. The van der Waals surface area contributed by atoms with Crippen LogP contribution in [0.3, 0.4) is 0 Å². The van der Waals surface area contributed by atoms with E-state index in [2.05, 4.69) is 16.0 Å². The highest BCUT2D eigenvalue weighted by atomic mass is 16.5. The highest BCUT2D eigenvalue weighted by Gasteiger charge is 2.19. The van der Waals surface area contributed by atoms with Crippen LogP contribution in [-0.2, 0) is 11.3 Å². The van der Waals surface area contributed by atoms with Gasteiger partial charge in [-0.25, -0.2) is 4.79 Å². The average Bonchev–Trinajstić information content (AvgIpc) is 2.54. The molecule has 0 radical (unpaired) electrons. The Morgan fingerprint density at radius 1 is 1.14 bits per heavy atom. The molecule has 0 fully saturated rings. The van der Waals surface area contributed by atoms with E-state index in [9.17, 15) is 9.59 Å². The first-order valence-corrected chi connectivity index (χ1v) is 6.87.